The number of rotatable bonds is 1. The molecule has 21 heavy (non-hydrogen) atoms. The highest BCUT2D eigenvalue weighted by atomic mass is 15.2. The lowest BCUT2D eigenvalue weighted by molar-refractivity contribution is 0.264. The van der Waals surface area contributed by atoms with Gasteiger partial charge in [0.2, 0.25) is 0 Å². The topological polar surface area (TPSA) is 3.24 Å². The van der Waals surface area contributed by atoms with E-state index in [4.69, 9.17) is 0 Å². The van der Waals surface area contributed by atoms with Crippen LogP contribution in [0.25, 0.3) is 16.3 Å². The van der Waals surface area contributed by atoms with Crippen LogP contribution in [0.15, 0.2) is 36.4 Å². The Morgan fingerprint density at radius 3 is 2.71 bits per heavy atom. The van der Waals surface area contributed by atoms with E-state index in [9.17, 15) is 0 Å². The molecule has 0 spiro atoms. The van der Waals surface area contributed by atoms with Gasteiger partial charge in [-0.2, -0.15) is 0 Å². The molecule has 2 bridgehead atoms. The molecule has 0 radical (unpaired) electrons. The third-order valence-corrected chi connectivity index (χ3v) is 5.97. The Balaban J connectivity index is 1.72. The number of hydrogen-bond donors (Lipinski definition) is 0. The van der Waals surface area contributed by atoms with Gasteiger partial charge in [0.1, 0.15) is 0 Å². The molecule has 1 nitrogen and oxygen atoms in total. The molecule has 3 aliphatic rings. The summed E-state index contributed by atoms with van der Waals surface area (Å²) in [5.41, 5.74) is 6.21. The predicted octanol–water partition coefficient (Wildman–Crippen LogP) is 4.19. The van der Waals surface area contributed by atoms with Crippen molar-refractivity contribution < 1.29 is 0 Å². The van der Waals surface area contributed by atoms with Crippen molar-refractivity contribution in [3.63, 3.8) is 0 Å². The average molecular weight is 275 g/mol. The minimum Gasteiger partial charge on any atom is -0.297 e. The number of likely N-dealkylation sites (N-methyl/N-ethyl adjacent to an activating group) is 1. The first-order valence-corrected chi connectivity index (χ1v) is 8.28. The van der Waals surface area contributed by atoms with E-state index in [1.165, 1.54) is 43.1 Å². The van der Waals surface area contributed by atoms with Gasteiger partial charge in [0.05, 0.1) is 0 Å². The lowest BCUT2D eigenvalue weighted by Gasteiger charge is -2.31. The number of aryl methyl sites for hydroxylation is 2. The molecule has 106 valence electrons. The quantitative estimate of drug-likeness (QED) is 0.754. The van der Waals surface area contributed by atoms with E-state index in [2.05, 4.69) is 48.4 Å². The average Bonchev–Trinajstić information content (AvgIpc) is 2.99. The molecule has 1 aliphatic carbocycles. The zero-order valence-electron chi connectivity index (χ0n) is 12.6. The van der Waals surface area contributed by atoms with Crippen LogP contribution in [0.5, 0.6) is 0 Å². The van der Waals surface area contributed by atoms with Crippen LogP contribution >= 0.6 is 0 Å². The van der Waals surface area contributed by atoms with Crippen molar-refractivity contribution in [1.29, 1.82) is 0 Å². The van der Waals surface area contributed by atoms with E-state index in [1.54, 1.807) is 22.1 Å². The predicted molar refractivity (Wildman–Crippen MR) is 88.5 cm³/mol. The Kier molecular flexibility index (Phi) is 2.40. The Morgan fingerprint density at radius 2 is 1.86 bits per heavy atom. The van der Waals surface area contributed by atoms with Crippen LogP contribution in [-0.4, -0.2) is 24.0 Å². The summed E-state index contributed by atoms with van der Waals surface area (Å²) in [6.07, 6.45) is 8.93. The molecule has 2 atom stereocenters. The van der Waals surface area contributed by atoms with Gasteiger partial charge >= 0.3 is 0 Å². The molecule has 2 aromatic carbocycles. The molecular weight excluding hydrogens is 254 g/mol. The van der Waals surface area contributed by atoms with Gasteiger partial charge < -0.3 is 0 Å². The Hall–Kier alpha value is -1.60. The summed E-state index contributed by atoms with van der Waals surface area (Å²) in [6.45, 7) is 0. The van der Waals surface area contributed by atoms with Crippen LogP contribution in [-0.2, 0) is 12.8 Å². The van der Waals surface area contributed by atoms with Gasteiger partial charge in [0.15, 0.2) is 0 Å². The molecule has 5 rings (SSSR count). The highest BCUT2D eigenvalue weighted by Crippen LogP contribution is 2.41. The Labute approximate surface area is 126 Å². The van der Waals surface area contributed by atoms with Gasteiger partial charge in [0.25, 0.3) is 0 Å². The lowest BCUT2D eigenvalue weighted by Crippen LogP contribution is -2.34. The molecule has 0 aromatic heterocycles. The number of nitrogens with zero attached hydrogens (tertiary/aromatic N) is 1. The third-order valence-electron chi connectivity index (χ3n) is 5.97. The monoisotopic (exact) mass is 275 g/mol. The maximum atomic E-state index is 2.57. The summed E-state index contributed by atoms with van der Waals surface area (Å²) in [4.78, 5) is 2.57. The van der Waals surface area contributed by atoms with Gasteiger partial charge in [-0.3, -0.25) is 4.90 Å². The molecule has 0 N–H and O–H groups in total. The summed E-state index contributed by atoms with van der Waals surface area (Å²) in [5.74, 6) is 0. The van der Waals surface area contributed by atoms with Crippen molar-refractivity contribution in [1.82, 2.24) is 4.90 Å². The largest absolute Gasteiger partial charge is 0.297 e. The first kappa shape index (κ1) is 12.0. The van der Waals surface area contributed by atoms with Crippen molar-refractivity contribution in [2.75, 3.05) is 7.05 Å². The van der Waals surface area contributed by atoms with E-state index in [0.717, 1.165) is 6.04 Å². The second-order valence-corrected chi connectivity index (χ2v) is 6.97. The molecule has 0 saturated carbocycles. The minimum atomic E-state index is 0.668. The van der Waals surface area contributed by atoms with Crippen molar-refractivity contribution in [2.45, 2.75) is 44.2 Å². The van der Waals surface area contributed by atoms with Crippen molar-refractivity contribution in [3.8, 4) is 0 Å². The minimum absolute atomic E-state index is 0.668. The molecule has 2 heterocycles. The maximum absolute atomic E-state index is 2.57. The maximum Gasteiger partial charge on any atom is 0.0284 e. The van der Waals surface area contributed by atoms with Crippen LogP contribution in [0, 0.1) is 0 Å². The molecule has 1 fully saturated rings. The van der Waals surface area contributed by atoms with Crippen molar-refractivity contribution in [3.05, 3.63) is 53.1 Å². The van der Waals surface area contributed by atoms with E-state index in [0.29, 0.717) is 6.04 Å². The molecule has 2 unspecified atom stereocenters. The molecule has 1 heteroatoms. The summed E-state index contributed by atoms with van der Waals surface area (Å²) in [6, 6.07) is 13.1. The Morgan fingerprint density at radius 1 is 1.00 bits per heavy atom. The summed E-state index contributed by atoms with van der Waals surface area (Å²) < 4.78 is 0. The van der Waals surface area contributed by atoms with Crippen LogP contribution in [0.2, 0.25) is 0 Å². The lowest BCUT2D eigenvalue weighted by atomic mass is 9.90. The van der Waals surface area contributed by atoms with Gasteiger partial charge in [0, 0.05) is 12.1 Å². The zero-order chi connectivity index (χ0) is 14.0. The number of fused-ring (bicyclic) bond motifs is 2. The van der Waals surface area contributed by atoms with E-state index in [-0.39, 0.29) is 0 Å². The summed E-state index contributed by atoms with van der Waals surface area (Å²) in [7, 11) is 2.29. The summed E-state index contributed by atoms with van der Waals surface area (Å²) in [5, 5.41) is 3.06. The standard InChI is InChI=1S/C20H21N/c1-21-16-8-9-17(21)12-15(11-16)18-10-7-14-6-5-13-3-2-4-19(18)20(13)14/h2-4,7,10-11,16-17H,5-6,8-9,12H2,1H3. The molecule has 2 aromatic rings. The van der Waals surface area contributed by atoms with Crippen molar-refractivity contribution >= 4 is 16.3 Å². The third kappa shape index (κ3) is 1.61. The van der Waals surface area contributed by atoms with Gasteiger partial charge in [-0.1, -0.05) is 36.4 Å². The highest BCUT2D eigenvalue weighted by molar-refractivity contribution is 5.99. The zero-order valence-corrected chi connectivity index (χ0v) is 12.6. The van der Waals surface area contributed by atoms with Crippen LogP contribution in [0.1, 0.15) is 36.0 Å². The fourth-order valence-electron chi connectivity index (χ4n) is 4.77. The molecular formula is C20H21N. The van der Waals surface area contributed by atoms with E-state index < -0.39 is 0 Å². The van der Waals surface area contributed by atoms with Crippen LogP contribution in [0.4, 0.5) is 0 Å². The smallest absolute Gasteiger partial charge is 0.0284 e. The fraction of sp³-hybridized carbons (Fsp3) is 0.400. The first-order valence-electron chi connectivity index (χ1n) is 8.28. The fourth-order valence-corrected chi connectivity index (χ4v) is 4.77. The Bertz CT molecular complexity index is 760. The molecule has 0 amide bonds. The molecule has 2 aliphatic heterocycles. The highest BCUT2D eigenvalue weighted by Gasteiger charge is 2.34. The SMILES string of the molecule is CN1C2C=C(c3ccc4c5c(cccc35)CC4)CC1CC2. The number of hydrogen-bond acceptors (Lipinski definition) is 1. The molecule has 1 saturated heterocycles. The van der Waals surface area contributed by atoms with Gasteiger partial charge in [-0.05, 0) is 72.2 Å². The second kappa shape index (κ2) is 4.20. The first-order chi connectivity index (χ1) is 10.3. The normalized spacial score (nSPS) is 27.4. The van der Waals surface area contributed by atoms with Crippen LogP contribution < -0.4 is 0 Å². The van der Waals surface area contributed by atoms with E-state index >= 15 is 0 Å². The van der Waals surface area contributed by atoms with Crippen molar-refractivity contribution in [2.24, 2.45) is 0 Å². The van der Waals surface area contributed by atoms with E-state index in [1.807, 2.05) is 0 Å². The van der Waals surface area contributed by atoms with Gasteiger partial charge in [-0.25, -0.2) is 0 Å². The van der Waals surface area contributed by atoms with Gasteiger partial charge in [-0.15, -0.1) is 0 Å². The second-order valence-electron chi connectivity index (χ2n) is 6.97. The summed E-state index contributed by atoms with van der Waals surface area (Å²) >= 11 is 0. The number of benzene rings is 2. The van der Waals surface area contributed by atoms with Crippen LogP contribution in [0.3, 0.4) is 0 Å².